The highest BCUT2D eigenvalue weighted by Gasteiger charge is 2.20. The summed E-state index contributed by atoms with van der Waals surface area (Å²) in [7, 11) is 0. The first-order chi connectivity index (χ1) is 15.8. The van der Waals surface area contributed by atoms with Crippen LogP contribution in [0.2, 0.25) is 5.02 Å². The number of aromatic nitrogens is 2. The molecule has 166 valence electrons. The number of nitrogens with zero attached hydrogens (tertiary/aromatic N) is 2. The van der Waals surface area contributed by atoms with Crippen LogP contribution in [0.25, 0.3) is 16.6 Å². The Bertz CT molecular complexity index is 1420. The monoisotopic (exact) mass is 478 g/mol. The highest BCUT2D eigenvalue weighted by molar-refractivity contribution is 8.00. The predicted octanol–water partition coefficient (Wildman–Crippen LogP) is 4.26. The molecule has 0 fully saturated rings. The fraction of sp³-hybridized carbons (Fsp3) is 0.0833. The van der Waals surface area contributed by atoms with Gasteiger partial charge < -0.3 is 11.1 Å². The lowest BCUT2D eigenvalue weighted by Gasteiger charge is -2.16. The van der Waals surface area contributed by atoms with Crippen LogP contribution in [0.3, 0.4) is 0 Å². The number of primary amides is 1. The van der Waals surface area contributed by atoms with Gasteiger partial charge in [-0.1, -0.05) is 41.6 Å². The van der Waals surface area contributed by atoms with Gasteiger partial charge >= 0.3 is 0 Å². The number of nitrogens with one attached hydrogen (secondary N) is 1. The van der Waals surface area contributed by atoms with Gasteiger partial charge in [-0.3, -0.25) is 19.0 Å². The predicted molar refractivity (Wildman–Crippen MR) is 131 cm³/mol. The van der Waals surface area contributed by atoms with E-state index in [1.807, 2.05) is 0 Å². The van der Waals surface area contributed by atoms with E-state index < -0.39 is 11.2 Å². The first-order valence-electron chi connectivity index (χ1n) is 9.98. The Hall–Kier alpha value is -3.62. The Morgan fingerprint density at radius 2 is 1.79 bits per heavy atom. The van der Waals surface area contributed by atoms with E-state index in [-0.39, 0.29) is 11.5 Å². The van der Waals surface area contributed by atoms with Crippen molar-refractivity contribution in [2.24, 2.45) is 5.73 Å². The molecule has 0 radical (unpaired) electrons. The van der Waals surface area contributed by atoms with E-state index in [1.54, 1.807) is 67.6 Å². The molecule has 1 aromatic heterocycles. The number of rotatable bonds is 6. The van der Waals surface area contributed by atoms with Crippen molar-refractivity contribution in [3.8, 4) is 5.69 Å². The van der Waals surface area contributed by atoms with Gasteiger partial charge in [0.1, 0.15) is 0 Å². The molecular weight excluding hydrogens is 460 g/mol. The minimum atomic E-state index is -0.584. The maximum absolute atomic E-state index is 13.3. The third kappa shape index (κ3) is 4.92. The molecule has 0 spiro atoms. The molecule has 0 unspecified atom stereocenters. The molecule has 4 rings (SSSR count). The van der Waals surface area contributed by atoms with Crippen LogP contribution in [0.1, 0.15) is 17.3 Å². The third-order valence-corrected chi connectivity index (χ3v) is 6.19. The lowest BCUT2D eigenvalue weighted by Crippen LogP contribution is -2.26. The molecule has 7 nitrogen and oxygen atoms in total. The number of hydrogen-bond acceptors (Lipinski definition) is 5. The Morgan fingerprint density at radius 1 is 1.06 bits per heavy atom. The maximum Gasteiger partial charge on any atom is 0.266 e. The largest absolute Gasteiger partial charge is 0.366 e. The van der Waals surface area contributed by atoms with Crippen LogP contribution in [0, 0.1) is 0 Å². The topological polar surface area (TPSA) is 107 Å². The Kier molecular flexibility index (Phi) is 6.48. The van der Waals surface area contributed by atoms with Crippen molar-refractivity contribution in [1.29, 1.82) is 0 Å². The van der Waals surface area contributed by atoms with Gasteiger partial charge in [-0.25, -0.2) is 4.98 Å². The average Bonchev–Trinajstić information content (AvgIpc) is 2.79. The number of fused-ring (bicyclic) bond motifs is 1. The molecule has 0 saturated carbocycles. The van der Waals surface area contributed by atoms with Crippen molar-refractivity contribution < 1.29 is 9.59 Å². The number of carbonyl (C=O) groups is 2. The number of nitrogens with two attached hydrogens (primary N) is 1. The summed E-state index contributed by atoms with van der Waals surface area (Å²) in [6.45, 7) is 1.72. The molecule has 4 aromatic rings. The highest BCUT2D eigenvalue weighted by Crippen LogP contribution is 2.27. The number of thioether (sulfide) groups is 1. The van der Waals surface area contributed by atoms with Crippen LogP contribution in [-0.2, 0) is 4.79 Å². The minimum absolute atomic E-state index is 0.250. The quantitative estimate of drug-likeness (QED) is 0.318. The van der Waals surface area contributed by atoms with Crippen molar-refractivity contribution in [2.45, 2.75) is 17.3 Å². The molecule has 1 atom stereocenters. The van der Waals surface area contributed by atoms with Crippen LogP contribution in [-0.4, -0.2) is 26.6 Å². The number of carbonyl (C=O) groups excluding carboxylic acids is 2. The standard InChI is InChI=1S/C24H19ClN4O3S/c1-14(22(31)27-17-11-9-15(10-12-17)21(26)30)33-24-28-20-8-3-2-7-19(20)23(32)29(24)18-6-4-5-16(25)13-18/h2-14H,1H3,(H2,26,30)(H,27,31)/t14-/m0/s1. The van der Waals surface area contributed by atoms with E-state index in [2.05, 4.69) is 10.3 Å². The number of halogens is 1. The summed E-state index contributed by atoms with van der Waals surface area (Å²) in [5, 5.41) is 3.53. The summed E-state index contributed by atoms with van der Waals surface area (Å²) in [6, 6.07) is 20.2. The van der Waals surface area contributed by atoms with Crippen molar-refractivity contribution in [2.75, 3.05) is 5.32 Å². The zero-order chi connectivity index (χ0) is 23.5. The zero-order valence-electron chi connectivity index (χ0n) is 17.5. The van der Waals surface area contributed by atoms with Crippen molar-refractivity contribution in [3.63, 3.8) is 0 Å². The summed E-state index contributed by atoms with van der Waals surface area (Å²) < 4.78 is 1.46. The first-order valence-corrected chi connectivity index (χ1v) is 11.2. The number of hydrogen-bond donors (Lipinski definition) is 2. The summed E-state index contributed by atoms with van der Waals surface area (Å²) in [5.74, 6) is -0.829. The van der Waals surface area contributed by atoms with Gasteiger partial charge in [0.15, 0.2) is 5.16 Å². The van der Waals surface area contributed by atoms with Gasteiger partial charge in [-0.15, -0.1) is 0 Å². The molecule has 33 heavy (non-hydrogen) atoms. The molecule has 3 aromatic carbocycles. The molecule has 0 aliphatic heterocycles. The molecular formula is C24H19ClN4O3S. The fourth-order valence-electron chi connectivity index (χ4n) is 3.21. The molecule has 0 aliphatic carbocycles. The summed E-state index contributed by atoms with van der Waals surface area (Å²) in [4.78, 5) is 42.0. The summed E-state index contributed by atoms with van der Waals surface area (Å²) >= 11 is 7.32. The SMILES string of the molecule is C[C@H](Sc1nc2ccccc2c(=O)n1-c1cccc(Cl)c1)C(=O)Nc1ccc(C(N)=O)cc1. The van der Waals surface area contributed by atoms with Gasteiger partial charge in [0.05, 0.1) is 21.8 Å². The second kappa shape index (κ2) is 9.48. The van der Waals surface area contributed by atoms with Gasteiger partial charge in [0, 0.05) is 16.3 Å². The van der Waals surface area contributed by atoms with Crippen molar-refractivity contribution in [1.82, 2.24) is 9.55 Å². The van der Waals surface area contributed by atoms with E-state index in [0.717, 1.165) is 11.8 Å². The minimum Gasteiger partial charge on any atom is -0.366 e. The molecule has 0 bridgehead atoms. The molecule has 0 saturated heterocycles. The summed E-state index contributed by atoms with van der Waals surface area (Å²) in [5.41, 5.74) is 6.97. The van der Waals surface area contributed by atoms with Gasteiger partial charge in [-0.2, -0.15) is 0 Å². The van der Waals surface area contributed by atoms with Crippen molar-refractivity contribution in [3.05, 3.63) is 93.7 Å². The molecule has 3 N–H and O–H groups in total. The van der Waals surface area contributed by atoms with Gasteiger partial charge in [-0.05, 0) is 61.5 Å². The fourth-order valence-corrected chi connectivity index (χ4v) is 4.32. The van der Waals surface area contributed by atoms with Crippen LogP contribution < -0.4 is 16.6 Å². The maximum atomic E-state index is 13.3. The number of amides is 2. The van der Waals surface area contributed by atoms with Crippen LogP contribution >= 0.6 is 23.4 Å². The number of benzene rings is 3. The van der Waals surface area contributed by atoms with E-state index in [4.69, 9.17) is 17.3 Å². The van der Waals surface area contributed by atoms with Crippen molar-refractivity contribution >= 4 is 51.8 Å². The smallest absolute Gasteiger partial charge is 0.266 e. The van der Waals surface area contributed by atoms with Crippen LogP contribution in [0.4, 0.5) is 5.69 Å². The second-order valence-corrected chi connectivity index (χ2v) is 8.97. The molecule has 1 heterocycles. The first kappa shape index (κ1) is 22.6. The lowest BCUT2D eigenvalue weighted by molar-refractivity contribution is -0.115. The molecule has 2 amide bonds. The molecule has 9 heteroatoms. The summed E-state index contributed by atoms with van der Waals surface area (Å²) in [6.07, 6.45) is 0. The highest BCUT2D eigenvalue weighted by atomic mass is 35.5. The van der Waals surface area contributed by atoms with E-state index >= 15 is 0 Å². The van der Waals surface area contributed by atoms with Crippen LogP contribution in [0.15, 0.2) is 82.7 Å². The normalized spacial score (nSPS) is 11.8. The zero-order valence-corrected chi connectivity index (χ0v) is 19.1. The van der Waals surface area contributed by atoms with Gasteiger partial charge in [0.25, 0.3) is 5.56 Å². The number of para-hydroxylation sites is 1. The Morgan fingerprint density at radius 3 is 2.48 bits per heavy atom. The number of anilines is 1. The second-order valence-electron chi connectivity index (χ2n) is 7.22. The lowest BCUT2D eigenvalue weighted by atomic mass is 10.2. The Balaban J connectivity index is 1.67. The third-order valence-electron chi connectivity index (χ3n) is 4.90. The molecule has 0 aliphatic rings. The Labute approximate surface area is 198 Å². The average molecular weight is 479 g/mol. The van der Waals surface area contributed by atoms with E-state index in [0.29, 0.717) is 38.0 Å². The van der Waals surface area contributed by atoms with E-state index in [1.165, 1.54) is 16.7 Å². The van der Waals surface area contributed by atoms with Gasteiger partial charge in [0.2, 0.25) is 11.8 Å². The van der Waals surface area contributed by atoms with Crippen LogP contribution in [0.5, 0.6) is 0 Å². The van der Waals surface area contributed by atoms with E-state index in [9.17, 15) is 14.4 Å².